The third kappa shape index (κ3) is 36.1. The van der Waals surface area contributed by atoms with Crippen molar-refractivity contribution in [2.24, 2.45) is 17.8 Å². The zero-order valence-electron chi connectivity index (χ0n) is 57.7. The number of rotatable bonds is 39. The molecule has 2 aromatic heterocycles. The Morgan fingerprint density at radius 3 is 1.25 bits per heavy atom. The van der Waals surface area contributed by atoms with Crippen molar-refractivity contribution in [2.45, 2.75) is 159 Å². The monoisotopic (exact) mass is 1530 g/mol. The van der Waals surface area contributed by atoms with Crippen LogP contribution >= 0.6 is 22.8 Å². The molecule has 1 fully saturated rings. The lowest BCUT2D eigenvalue weighted by molar-refractivity contribution is -0.167. The molecule has 1 saturated heterocycles. The predicted molar refractivity (Wildman–Crippen MR) is 337 cm³/mol. The van der Waals surface area contributed by atoms with Crippen LogP contribution in [0.1, 0.15) is 130 Å². The third-order valence-corrected chi connectivity index (χ3v) is 18.3. The first-order valence-corrected chi connectivity index (χ1v) is 36.1. The minimum absolute atomic E-state index is 0.0410. The van der Waals surface area contributed by atoms with Gasteiger partial charge >= 0.3 is 101 Å². The molecule has 0 amide bonds. The molecule has 40 nitrogen and oxygen atoms in total. The van der Waals surface area contributed by atoms with Crippen LogP contribution in [0, 0.1) is 31.6 Å². The van der Waals surface area contributed by atoms with Crippen LogP contribution in [0.15, 0.2) is 68.9 Å². The van der Waals surface area contributed by atoms with E-state index in [0.717, 1.165) is 0 Å². The van der Waals surface area contributed by atoms with Gasteiger partial charge in [0.15, 0.2) is 11.5 Å². The number of para-hydroxylation sites is 1. The summed E-state index contributed by atoms with van der Waals surface area (Å²) in [6.45, 7) is 12.2. The number of ether oxygens (including phenoxy) is 12. The molecule has 0 saturated carbocycles. The van der Waals surface area contributed by atoms with Gasteiger partial charge in [0.05, 0.1) is 67.1 Å². The molecule has 3 atom stereocenters. The van der Waals surface area contributed by atoms with Crippen LogP contribution in [-0.4, -0.2) is 153 Å². The van der Waals surface area contributed by atoms with E-state index in [1.54, 1.807) is 80.5 Å². The lowest BCUT2D eigenvalue weighted by Gasteiger charge is -2.24. The molecule has 5 rings (SSSR count). The first-order valence-electron chi connectivity index (χ1n) is 30.9. The quantitative estimate of drug-likeness (QED) is 0.0134. The van der Waals surface area contributed by atoms with Gasteiger partial charge in [0.1, 0.15) is 42.8 Å². The lowest BCUT2D eigenvalue weighted by atomic mass is 10.0. The van der Waals surface area contributed by atoms with Crippen molar-refractivity contribution >= 4 is 89.2 Å². The van der Waals surface area contributed by atoms with Crippen molar-refractivity contribution in [3.05, 3.63) is 85.9 Å². The number of carbonyl (C=O) groups excluding carboxylic acids is 9. The second-order valence-corrected chi connectivity index (χ2v) is 28.8. The van der Waals surface area contributed by atoms with E-state index in [9.17, 15) is 76.0 Å². The second kappa shape index (κ2) is 43.8. The Labute approximate surface area is 586 Å². The number of aryl methyl sites for hydroxylation is 2. The number of benzene rings is 1. The van der Waals surface area contributed by atoms with Crippen molar-refractivity contribution in [1.82, 2.24) is 0 Å². The maximum Gasteiger partial charge on any atom is 0.519 e. The normalized spacial score (nSPS) is 14.4. The second-order valence-electron chi connectivity index (χ2n) is 22.5. The standard InChI is InChI=1S/C22H25O15P.C22H31O13P.C16H25O12P/c1-11-6-19(25)35-15(11)7-30-20(26)14(4-5-18(23)24)10-38(29,31-8-16-12(2)33-21(27)36-16)32-9-17-13(3)34-22(28)37-17;1-15(2)33-21(26)29-13-31-36(28,32-14-30-22(27)34-16(3)4)12-17(10-11-19(23)24)20(25)35-18-8-6-5-7-9-18;1-10(2)26-15(19)22-8-24-29(21,25-9-23-16(20)27-11(3)4)7-12-5-6-13(17)28-14(12)18/h14H,4-10H2,1-3H3,(H,23,24);5-9,15-17H,10-14H2,1-4H3,(H,23,24);10-12H,5-9H2,1-4H3. The molecule has 2 aliphatic heterocycles. The van der Waals surface area contributed by atoms with Crippen molar-refractivity contribution in [1.29, 1.82) is 0 Å². The van der Waals surface area contributed by atoms with E-state index in [1.807, 2.05) is 0 Å². The molecule has 0 bridgehead atoms. The first kappa shape index (κ1) is 88.2. The van der Waals surface area contributed by atoms with E-state index >= 15 is 0 Å². The molecule has 0 spiro atoms. The van der Waals surface area contributed by atoms with Gasteiger partial charge in [0.25, 0.3) is 0 Å². The van der Waals surface area contributed by atoms with Crippen LogP contribution in [0.4, 0.5) is 19.2 Å². The van der Waals surface area contributed by atoms with E-state index in [-0.39, 0.29) is 66.7 Å². The minimum atomic E-state index is -4.33. The van der Waals surface area contributed by atoms with Gasteiger partial charge < -0.3 is 93.8 Å². The lowest BCUT2D eigenvalue weighted by Crippen LogP contribution is -2.30. The van der Waals surface area contributed by atoms with Crippen molar-refractivity contribution in [3.63, 3.8) is 0 Å². The SMILES string of the molecule is CC(C)OC(=O)OCOP(=O)(CC(CCC(=O)O)C(=O)Oc1ccccc1)OCOC(=O)OC(C)C.CC(C)OC(=O)OCOP(=O)(CC1CCC(=O)OC1=O)OCOC(=O)OC(C)C.CC1=C(COC(=O)C(CCC(=O)O)CP(=O)(OCc2oc(=O)oc2C)OCc2oc(=O)oc2C)OC(=O)C1. The molecular weight excluding hydrogens is 1450 g/mol. The predicted octanol–water partition coefficient (Wildman–Crippen LogP) is 9.64. The van der Waals surface area contributed by atoms with Gasteiger partial charge in [0.2, 0.25) is 27.2 Å². The summed E-state index contributed by atoms with van der Waals surface area (Å²) in [7, 11) is -12.7. The van der Waals surface area contributed by atoms with Gasteiger partial charge in [-0.1, -0.05) is 18.2 Å². The number of aliphatic carboxylic acids is 2. The third-order valence-electron chi connectivity index (χ3n) is 12.6. The van der Waals surface area contributed by atoms with Gasteiger partial charge in [-0.2, -0.15) is 0 Å². The number of cyclic esters (lactones) is 3. The van der Waals surface area contributed by atoms with Crippen LogP contribution in [0.25, 0.3) is 0 Å². The van der Waals surface area contributed by atoms with Gasteiger partial charge in [-0.3, -0.25) is 65.4 Å². The summed E-state index contributed by atoms with van der Waals surface area (Å²) in [5, 5.41) is 18.2. The maximum absolute atomic E-state index is 13.7. The zero-order chi connectivity index (χ0) is 77.2. The molecule has 576 valence electrons. The van der Waals surface area contributed by atoms with Crippen LogP contribution < -0.4 is 16.4 Å². The maximum atomic E-state index is 13.7. The molecular formula is C60H81O40P3. The topological polar surface area (TPSA) is 532 Å². The molecule has 3 aromatic rings. The number of carboxylic acids is 2. The largest absolute Gasteiger partial charge is 0.519 e. The molecule has 103 heavy (non-hydrogen) atoms. The van der Waals surface area contributed by atoms with Crippen LogP contribution in [-0.2, 0) is 140 Å². The van der Waals surface area contributed by atoms with Gasteiger partial charge in [-0.15, -0.1) is 0 Å². The van der Waals surface area contributed by atoms with E-state index in [0.29, 0.717) is 5.57 Å². The average molecular weight is 1540 g/mol. The fourth-order valence-corrected chi connectivity index (χ4v) is 12.7. The summed E-state index contributed by atoms with van der Waals surface area (Å²) in [5.74, 6) is -11.7. The highest BCUT2D eigenvalue weighted by Crippen LogP contribution is 2.54. The van der Waals surface area contributed by atoms with Crippen molar-refractivity contribution < 1.29 is 178 Å². The Balaban J connectivity index is 0.000000405. The molecule has 0 radical (unpaired) electrons. The fourth-order valence-electron chi connectivity index (χ4n) is 7.75. The Hall–Kier alpha value is -9.00. The Morgan fingerprint density at radius 1 is 0.495 bits per heavy atom. The summed E-state index contributed by atoms with van der Waals surface area (Å²) in [6, 6.07) is 7.94. The average Bonchev–Trinajstić information content (AvgIpc) is 1.71. The highest BCUT2D eigenvalue weighted by Gasteiger charge is 2.40. The van der Waals surface area contributed by atoms with Gasteiger partial charge in [-0.25, -0.2) is 28.8 Å². The summed E-state index contributed by atoms with van der Waals surface area (Å²) >= 11 is 0. The summed E-state index contributed by atoms with van der Waals surface area (Å²) in [5.41, 5.74) is 0.566. The molecule has 2 N–H and O–H groups in total. The van der Waals surface area contributed by atoms with E-state index in [1.165, 1.54) is 26.0 Å². The zero-order valence-corrected chi connectivity index (χ0v) is 60.4. The smallest absolute Gasteiger partial charge is 0.481 e. The molecule has 3 unspecified atom stereocenters. The van der Waals surface area contributed by atoms with Gasteiger partial charge in [0, 0.05) is 19.3 Å². The fraction of sp³-hybridized carbons (Fsp3) is 0.583. The number of esters is 5. The highest BCUT2D eigenvalue weighted by atomic mass is 31.2. The van der Waals surface area contributed by atoms with Gasteiger partial charge in [-0.05, 0) is 113 Å². The van der Waals surface area contributed by atoms with Crippen LogP contribution in [0.2, 0.25) is 0 Å². The summed E-state index contributed by atoms with van der Waals surface area (Å²) in [6.07, 6.45) is -9.48. The number of carbonyl (C=O) groups is 11. The Morgan fingerprint density at radius 2 is 0.893 bits per heavy atom. The number of carboxylic acid groups (broad SMARTS) is 2. The van der Waals surface area contributed by atoms with E-state index in [2.05, 4.69) is 23.7 Å². The van der Waals surface area contributed by atoms with Crippen molar-refractivity contribution in [2.75, 3.05) is 52.3 Å². The molecule has 0 aliphatic carbocycles. The molecule has 1 aromatic carbocycles. The summed E-state index contributed by atoms with van der Waals surface area (Å²) in [4.78, 5) is 151. The Kier molecular flexibility index (Phi) is 37.5. The highest BCUT2D eigenvalue weighted by molar-refractivity contribution is 7.54. The molecule has 4 heterocycles. The van der Waals surface area contributed by atoms with E-state index in [4.69, 9.17) is 88.2 Å². The molecule has 43 heteroatoms. The van der Waals surface area contributed by atoms with E-state index < -0.39 is 221 Å². The Bertz CT molecular complexity index is 3520. The van der Waals surface area contributed by atoms with Crippen molar-refractivity contribution in [3.8, 4) is 5.75 Å². The number of hydrogen-bond acceptors (Lipinski definition) is 38. The first-order chi connectivity index (χ1) is 48.2. The summed E-state index contributed by atoms with van der Waals surface area (Å²) < 4.78 is 148. The minimum Gasteiger partial charge on any atom is -0.481 e. The number of hydrogen-bond donors (Lipinski definition) is 2. The molecule has 2 aliphatic rings. The van der Waals surface area contributed by atoms with Crippen LogP contribution in [0.5, 0.6) is 5.75 Å². The van der Waals surface area contributed by atoms with Crippen LogP contribution in [0.3, 0.4) is 0 Å².